The second-order valence-corrected chi connectivity index (χ2v) is 4.63. The first-order valence-corrected chi connectivity index (χ1v) is 6.34. The molecular weight excluding hydrogens is 238 g/mol. The first-order valence-electron chi connectivity index (χ1n) is 6.34. The molecule has 4 nitrogen and oxygen atoms in total. The molecule has 4 heteroatoms. The van der Waals surface area contributed by atoms with Crippen LogP contribution in [0.15, 0.2) is 36.5 Å². The number of amides is 1. The van der Waals surface area contributed by atoms with Gasteiger partial charge in [-0.05, 0) is 36.2 Å². The van der Waals surface area contributed by atoms with Crippen molar-refractivity contribution in [2.45, 2.75) is 13.0 Å². The summed E-state index contributed by atoms with van der Waals surface area (Å²) in [5, 5.41) is 3.34. The van der Waals surface area contributed by atoms with Gasteiger partial charge in [-0.1, -0.05) is 18.2 Å². The Labute approximate surface area is 111 Å². The van der Waals surface area contributed by atoms with Crippen molar-refractivity contribution < 1.29 is 4.79 Å². The van der Waals surface area contributed by atoms with E-state index >= 15 is 0 Å². The molecule has 0 saturated heterocycles. The fourth-order valence-corrected chi connectivity index (χ4v) is 2.57. The average Bonchev–Trinajstić information content (AvgIpc) is 2.46. The van der Waals surface area contributed by atoms with Gasteiger partial charge in [-0.25, -0.2) is 0 Å². The Balaban J connectivity index is 2.20. The molecule has 0 bridgehead atoms. The third-order valence-electron chi connectivity index (χ3n) is 3.47. The second-order valence-electron chi connectivity index (χ2n) is 4.63. The molecule has 1 aliphatic heterocycles. The maximum atomic E-state index is 11.5. The summed E-state index contributed by atoms with van der Waals surface area (Å²) in [6.07, 6.45) is 2.64. The van der Waals surface area contributed by atoms with E-state index in [0.29, 0.717) is 11.3 Å². The number of hydrogen-bond donors (Lipinski definition) is 2. The van der Waals surface area contributed by atoms with Crippen LogP contribution in [0.4, 0.5) is 0 Å². The van der Waals surface area contributed by atoms with E-state index in [4.69, 9.17) is 5.73 Å². The zero-order valence-electron chi connectivity index (χ0n) is 10.5. The van der Waals surface area contributed by atoms with Crippen LogP contribution >= 0.6 is 0 Å². The lowest BCUT2D eigenvalue weighted by molar-refractivity contribution is 0.100. The topological polar surface area (TPSA) is 68.0 Å². The molecule has 96 valence electrons. The second kappa shape index (κ2) is 4.82. The van der Waals surface area contributed by atoms with Crippen LogP contribution in [0.2, 0.25) is 0 Å². The molecule has 1 amide bonds. The quantitative estimate of drug-likeness (QED) is 0.852. The van der Waals surface area contributed by atoms with E-state index in [9.17, 15) is 4.79 Å². The fourth-order valence-electron chi connectivity index (χ4n) is 2.57. The minimum atomic E-state index is -0.436. The minimum Gasteiger partial charge on any atom is -0.366 e. The molecule has 0 saturated carbocycles. The highest BCUT2D eigenvalue weighted by Crippen LogP contribution is 2.29. The van der Waals surface area contributed by atoms with Gasteiger partial charge in [0.2, 0.25) is 0 Å². The summed E-state index contributed by atoms with van der Waals surface area (Å²) in [5.41, 5.74) is 10.2. The number of aromatic nitrogens is 1. The Morgan fingerprint density at radius 1 is 1.26 bits per heavy atom. The van der Waals surface area contributed by atoms with Crippen molar-refractivity contribution in [1.29, 1.82) is 0 Å². The Morgan fingerprint density at radius 2 is 2.16 bits per heavy atom. The summed E-state index contributed by atoms with van der Waals surface area (Å²) in [7, 11) is 0. The van der Waals surface area contributed by atoms with Gasteiger partial charge < -0.3 is 11.1 Å². The zero-order chi connectivity index (χ0) is 13.2. The van der Waals surface area contributed by atoms with Crippen LogP contribution in [0.1, 0.15) is 21.5 Å². The summed E-state index contributed by atoms with van der Waals surface area (Å²) in [6, 6.07) is 9.59. The molecule has 1 aromatic heterocycles. The first kappa shape index (κ1) is 11.9. The van der Waals surface area contributed by atoms with E-state index in [1.165, 1.54) is 11.1 Å². The van der Waals surface area contributed by atoms with E-state index in [2.05, 4.69) is 16.4 Å². The maximum Gasteiger partial charge on any atom is 0.250 e. The summed E-state index contributed by atoms with van der Waals surface area (Å²) in [6.45, 7) is 1.81. The lowest BCUT2D eigenvalue weighted by Crippen LogP contribution is -2.24. The van der Waals surface area contributed by atoms with Crippen molar-refractivity contribution in [2.24, 2.45) is 5.73 Å². The van der Waals surface area contributed by atoms with Crippen molar-refractivity contribution in [1.82, 2.24) is 10.3 Å². The van der Waals surface area contributed by atoms with Gasteiger partial charge in [0, 0.05) is 18.3 Å². The number of rotatable bonds is 2. The van der Waals surface area contributed by atoms with Gasteiger partial charge in [0.15, 0.2) is 0 Å². The molecule has 2 aromatic rings. The molecule has 1 aromatic carbocycles. The molecule has 0 spiro atoms. The van der Waals surface area contributed by atoms with Crippen LogP contribution in [-0.2, 0) is 13.0 Å². The van der Waals surface area contributed by atoms with Gasteiger partial charge in [-0.2, -0.15) is 0 Å². The summed E-state index contributed by atoms with van der Waals surface area (Å²) in [4.78, 5) is 15.9. The number of nitrogens with one attached hydrogen (secondary N) is 1. The molecule has 0 atom stereocenters. The van der Waals surface area contributed by atoms with Crippen LogP contribution in [-0.4, -0.2) is 17.4 Å². The lowest BCUT2D eigenvalue weighted by Gasteiger charge is -2.20. The van der Waals surface area contributed by atoms with E-state index in [1.54, 1.807) is 18.3 Å². The molecule has 2 heterocycles. The molecule has 0 unspecified atom stereocenters. The van der Waals surface area contributed by atoms with Crippen molar-refractivity contribution in [3.8, 4) is 11.3 Å². The van der Waals surface area contributed by atoms with Gasteiger partial charge >= 0.3 is 0 Å². The highest BCUT2D eigenvalue weighted by Gasteiger charge is 2.18. The van der Waals surface area contributed by atoms with Crippen LogP contribution in [0, 0.1) is 0 Å². The number of primary amides is 1. The molecule has 3 rings (SSSR count). The highest BCUT2D eigenvalue weighted by atomic mass is 16.1. The maximum absolute atomic E-state index is 11.5. The van der Waals surface area contributed by atoms with Gasteiger partial charge in [-0.3, -0.25) is 9.78 Å². The molecule has 0 fully saturated rings. The van der Waals surface area contributed by atoms with Crippen molar-refractivity contribution in [3.05, 3.63) is 53.2 Å². The number of nitrogens with zero attached hydrogens (tertiary/aromatic N) is 1. The number of carbonyl (C=O) groups is 1. The summed E-state index contributed by atoms with van der Waals surface area (Å²) < 4.78 is 0. The van der Waals surface area contributed by atoms with E-state index in [0.717, 1.165) is 25.1 Å². The monoisotopic (exact) mass is 253 g/mol. The Hall–Kier alpha value is -2.20. The summed E-state index contributed by atoms with van der Waals surface area (Å²) >= 11 is 0. The largest absolute Gasteiger partial charge is 0.366 e. The van der Waals surface area contributed by atoms with Crippen LogP contribution in [0.3, 0.4) is 0 Å². The van der Waals surface area contributed by atoms with E-state index in [1.807, 2.05) is 12.1 Å². The summed E-state index contributed by atoms with van der Waals surface area (Å²) in [5.74, 6) is -0.436. The van der Waals surface area contributed by atoms with Crippen molar-refractivity contribution in [2.75, 3.05) is 6.54 Å². The highest BCUT2D eigenvalue weighted by molar-refractivity contribution is 5.99. The fraction of sp³-hybridized carbons (Fsp3) is 0.200. The lowest BCUT2D eigenvalue weighted by atomic mass is 9.92. The van der Waals surface area contributed by atoms with Crippen molar-refractivity contribution in [3.63, 3.8) is 0 Å². The van der Waals surface area contributed by atoms with E-state index < -0.39 is 5.91 Å². The van der Waals surface area contributed by atoms with Gasteiger partial charge in [-0.15, -0.1) is 0 Å². The first-order chi connectivity index (χ1) is 9.27. The van der Waals surface area contributed by atoms with Gasteiger partial charge in [0.25, 0.3) is 5.91 Å². The number of hydrogen-bond acceptors (Lipinski definition) is 3. The van der Waals surface area contributed by atoms with Gasteiger partial charge in [0.05, 0.1) is 11.3 Å². The molecule has 19 heavy (non-hydrogen) atoms. The average molecular weight is 253 g/mol. The minimum absolute atomic E-state index is 0.436. The van der Waals surface area contributed by atoms with Crippen molar-refractivity contribution >= 4 is 5.91 Å². The standard InChI is InChI=1S/C15H15N3O/c16-15(19)13-5-2-7-18-14(13)12-4-1-3-10-9-17-8-6-11(10)12/h1-5,7,17H,6,8-9H2,(H2,16,19). The predicted octanol–water partition coefficient (Wildman–Crippen LogP) is 1.49. The number of nitrogens with two attached hydrogens (primary N) is 1. The smallest absolute Gasteiger partial charge is 0.250 e. The number of carbonyl (C=O) groups excluding carboxylic acids is 1. The predicted molar refractivity (Wildman–Crippen MR) is 73.6 cm³/mol. The number of fused-ring (bicyclic) bond motifs is 1. The molecule has 1 aliphatic rings. The molecule has 0 aliphatic carbocycles. The SMILES string of the molecule is NC(=O)c1cccnc1-c1cccc2c1CCNC2. The number of pyridine rings is 1. The zero-order valence-corrected chi connectivity index (χ0v) is 10.5. The molecular formula is C15H15N3O. The third kappa shape index (κ3) is 2.11. The third-order valence-corrected chi connectivity index (χ3v) is 3.47. The van der Waals surface area contributed by atoms with Gasteiger partial charge in [0.1, 0.15) is 0 Å². The Bertz CT molecular complexity index is 637. The van der Waals surface area contributed by atoms with Crippen LogP contribution in [0.25, 0.3) is 11.3 Å². The molecule has 3 N–H and O–H groups in total. The normalized spacial score (nSPS) is 13.9. The van der Waals surface area contributed by atoms with Crippen LogP contribution < -0.4 is 11.1 Å². The Kier molecular flexibility index (Phi) is 3.01. The van der Waals surface area contributed by atoms with E-state index in [-0.39, 0.29) is 0 Å². The number of benzene rings is 1. The molecule has 0 radical (unpaired) electrons. The van der Waals surface area contributed by atoms with Crippen LogP contribution in [0.5, 0.6) is 0 Å². The Morgan fingerprint density at radius 3 is 3.00 bits per heavy atom.